The van der Waals surface area contributed by atoms with Gasteiger partial charge in [-0.3, -0.25) is 13.8 Å². The largest absolute Gasteiger partial charge is 0.497 e. The number of methoxy groups -OCH3 is 1. The molecular weight excluding hydrogens is 478 g/mol. The van der Waals surface area contributed by atoms with E-state index in [0.717, 1.165) is 6.26 Å². The summed E-state index contributed by atoms with van der Waals surface area (Å²) in [7, 11) is -5.71. The molecule has 0 saturated heterocycles. The smallest absolute Gasteiger partial charge is 0.261 e. The van der Waals surface area contributed by atoms with Gasteiger partial charge in [-0.15, -0.1) is 0 Å². The van der Waals surface area contributed by atoms with Gasteiger partial charge in [-0.1, -0.05) is 0 Å². The van der Waals surface area contributed by atoms with Crippen LogP contribution in [0.4, 0.5) is 17.1 Å². The van der Waals surface area contributed by atoms with Crippen LogP contribution in [0, 0.1) is 0 Å². The quantitative estimate of drug-likeness (QED) is 0.461. The maximum atomic E-state index is 12.6. The summed E-state index contributed by atoms with van der Waals surface area (Å²) in [6, 6.07) is 18.4. The molecule has 9 nitrogen and oxygen atoms in total. The topological polar surface area (TPSA) is 122 Å². The summed E-state index contributed by atoms with van der Waals surface area (Å²) < 4.78 is 57.7. The third-order valence-electron chi connectivity index (χ3n) is 4.87. The molecule has 0 unspecified atom stereocenters. The third-order valence-corrected chi connectivity index (χ3v) is 7.54. The summed E-state index contributed by atoms with van der Waals surface area (Å²) in [6.45, 7) is 1.99. The maximum Gasteiger partial charge on any atom is 0.261 e. The number of amides is 1. The monoisotopic (exact) mass is 503 g/mol. The van der Waals surface area contributed by atoms with E-state index in [4.69, 9.17) is 4.74 Å². The maximum absolute atomic E-state index is 12.6. The van der Waals surface area contributed by atoms with Crippen LogP contribution in [0.5, 0.6) is 5.75 Å². The fourth-order valence-corrected chi connectivity index (χ4v) is 5.21. The molecule has 0 atom stereocenters. The lowest BCUT2D eigenvalue weighted by Gasteiger charge is -2.20. The van der Waals surface area contributed by atoms with E-state index in [1.807, 2.05) is 0 Å². The van der Waals surface area contributed by atoms with Crippen LogP contribution in [0.15, 0.2) is 77.7 Å². The van der Waals surface area contributed by atoms with Gasteiger partial charge in [0.2, 0.25) is 10.0 Å². The second-order valence-electron chi connectivity index (χ2n) is 7.29. The van der Waals surface area contributed by atoms with Crippen molar-refractivity contribution in [1.29, 1.82) is 0 Å². The van der Waals surface area contributed by atoms with Crippen molar-refractivity contribution in [2.75, 3.05) is 34.3 Å². The van der Waals surface area contributed by atoms with Gasteiger partial charge in [0.25, 0.3) is 15.9 Å². The number of nitrogens with one attached hydrogen (secondary N) is 2. The molecule has 0 radical (unpaired) electrons. The molecular formula is C23H25N3O6S2. The highest BCUT2D eigenvalue weighted by Crippen LogP contribution is 2.22. The average molecular weight is 504 g/mol. The summed E-state index contributed by atoms with van der Waals surface area (Å²) in [5.74, 6) is 0.191. The van der Waals surface area contributed by atoms with E-state index in [1.54, 1.807) is 43.3 Å². The van der Waals surface area contributed by atoms with Crippen molar-refractivity contribution in [3.8, 4) is 5.75 Å². The van der Waals surface area contributed by atoms with Gasteiger partial charge in [-0.2, -0.15) is 0 Å². The molecule has 34 heavy (non-hydrogen) atoms. The molecule has 0 aliphatic carbocycles. The first-order valence-corrected chi connectivity index (χ1v) is 13.5. The molecule has 3 aromatic rings. The number of hydrogen-bond acceptors (Lipinski definition) is 6. The molecule has 1 amide bonds. The number of carbonyl (C=O) groups is 1. The van der Waals surface area contributed by atoms with Crippen molar-refractivity contribution in [3.63, 3.8) is 0 Å². The van der Waals surface area contributed by atoms with Crippen LogP contribution >= 0.6 is 0 Å². The first-order valence-electron chi connectivity index (χ1n) is 10.2. The third kappa shape index (κ3) is 6.06. The van der Waals surface area contributed by atoms with Gasteiger partial charge in [-0.05, 0) is 79.7 Å². The Morgan fingerprint density at radius 1 is 0.853 bits per heavy atom. The van der Waals surface area contributed by atoms with Gasteiger partial charge >= 0.3 is 0 Å². The lowest BCUT2D eigenvalue weighted by molar-refractivity contribution is 0.102. The summed E-state index contributed by atoms with van der Waals surface area (Å²) in [4.78, 5) is 12.6. The fourth-order valence-electron chi connectivity index (χ4n) is 3.18. The average Bonchev–Trinajstić information content (AvgIpc) is 2.79. The summed E-state index contributed by atoms with van der Waals surface area (Å²) in [5, 5.41) is 2.69. The molecule has 0 saturated carbocycles. The van der Waals surface area contributed by atoms with Crippen molar-refractivity contribution < 1.29 is 26.4 Å². The summed E-state index contributed by atoms with van der Waals surface area (Å²) in [5.41, 5.74) is 1.58. The molecule has 3 rings (SSSR count). The lowest BCUT2D eigenvalue weighted by atomic mass is 10.2. The minimum absolute atomic E-state index is 0.0334. The molecule has 0 spiro atoms. The van der Waals surface area contributed by atoms with Gasteiger partial charge in [0, 0.05) is 23.5 Å². The van der Waals surface area contributed by atoms with Crippen molar-refractivity contribution in [3.05, 3.63) is 78.4 Å². The number of ether oxygens (including phenoxy) is 1. The van der Waals surface area contributed by atoms with E-state index in [1.165, 1.54) is 47.8 Å². The number of benzene rings is 3. The first-order chi connectivity index (χ1) is 16.0. The van der Waals surface area contributed by atoms with Crippen LogP contribution in [-0.4, -0.2) is 42.7 Å². The van der Waals surface area contributed by atoms with Gasteiger partial charge in [0.05, 0.1) is 23.9 Å². The molecule has 0 aliphatic rings. The summed E-state index contributed by atoms with van der Waals surface area (Å²) in [6.07, 6.45) is 1.12. The van der Waals surface area contributed by atoms with E-state index in [-0.39, 0.29) is 11.4 Å². The zero-order valence-corrected chi connectivity index (χ0v) is 20.5. The van der Waals surface area contributed by atoms with Gasteiger partial charge in [-0.25, -0.2) is 16.8 Å². The Kier molecular flexibility index (Phi) is 7.48. The Morgan fingerprint density at radius 2 is 1.41 bits per heavy atom. The number of anilines is 3. The molecule has 0 aliphatic heterocycles. The second-order valence-corrected chi connectivity index (χ2v) is 10.9. The summed E-state index contributed by atoms with van der Waals surface area (Å²) >= 11 is 0. The Hall–Kier alpha value is -3.57. The highest BCUT2D eigenvalue weighted by atomic mass is 32.2. The van der Waals surface area contributed by atoms with Crippen molar-refractivity contribution >= 4 is 43.0 Å². The van der Waals surface area contributed by atoms with Crippen LogP contribution < -0.4 is 19.1 Å². The number of nitrogens with zero attached hydrogens (tertiary/aromatic N) is 1. The second kappa shape index (κ2) is 10.1. The molecule has 0 bridgehead atoms. The molecule has 180 valence electrons. The van der Waals surface area contributed by atoms with Crippen molar-refractivity contribution in [2.45, 2.75) is 11.8 Å². The molecule has 3 aromatic carbocycles. The van der Waals surface area contributed by atoms with E-state index < -0.39 is 26.0 Å². The highest BCUT2D eigenvalue weighted by Gasteiger charge is 2.17. The van der Waals surface area contributed by atoms with Crippen LogP contribution in [0.3, 0.4) is 0 Å². The molecule has 0 fully saturated rings. The van der Waals surface area contributed by atoms with Crippen LogP contribution in [0.1, 0.15) is 17.3 Å². The Morgan fingerprint density at radius 3 is 1.91 bits per heavy atom. The van der Waals surface area contributed by atoms with Crippen LogP contribution in [0.2, 0.25) is 0 Å². The zero-order chi connectivity index (χ0) is 24.9. The number of hydrogen-bond donors (Lipinski definition) is 2. The van der Waals surface area contributed by atoms with Gasteiger partial charge in [0.15, 0.2) is 0 Å². The minimum Gasteiger partial charge on any atom is -0.497 e. The Labute approximate surface area is 199 Å². The molecule has 2 N–H and O–H groups in total. The van der Waals surface area contributed by atoms with Gasteiger partial charge < -0.3 is 10.1 Å². The number of rotatable bonds is 9. The standard InChI is InChI=1S/C23H25N3O6S2/c1-4-26(33(3,28)29)20-11-5-17(6-12-20)23(27)24-18-9-15-22(16-10-18)34(30,31)25-19-7-13-21(32-2)14-8-19/h5-16,25H,4H2,1-3H3,(H,24,27). The van der Waals surface area contributed by atoms with Gasteiger partial charge in [0.1, 0.15) is 5.75 Å². The molecule has 0 aromatic heterocycles. The van der Waals surface area contributed by atoms with E-state index in [2.05, 4.69) is 10.0 Å². The first kappa shape index (κ1) is 25.1. The lowest BCUT2D eigenvalue weighted by Crippen LogP contribution is -2.29. The van der Waals surface area contributed by atoms with E-state index >= 15 is 0 Å². The normalized spacial score (nSPS) is 11.5. The van der Waals surface area contributed by atoms with Crippen molar-refractivity contribution in [2.24, 2.45) is 0 Å². The van der Waals surface area contributed by atoms with E-state index in [0.29, 0.717) is 28.4 Å². The van der Waals surface area contributed by atoms with E-state index in [9.17, 15) is 21.6 Å². The zero-order valence-electron chi connectivity index (χ0n) is 18.8. The predicted octanol–water partition coefficient (Wildman–Crippen LogP) is 3.53. The Bertz CT molecular complexity index is 1350. The molecule has 0 heterocycles. The van der Waals surface area contributed by atoms with Crippen molar-refractivity contribution in [1.82, 2.24) is 0 Å². The number of carbonyl (C=O) groups excluding carboxylic acids is 1. The minimum atomic E-state index is -3.82. The fraction of sp³-hybridized carbons (Fsp3) is 0.174. The number of sulfonamides is 2. The highest BCUT2D eigenvalue weighted by molar-refractivity contribution is 7.92. The SMILES string of the molecule is CCN(c1ccc(C(=O)Nc2ccc(S(=O)(=O)Nc3ccc(OC)cc3)cc2)cc1)S(C)(=O)=O. The predicted molar refractivity (Wildman–Crippen MR) is 133 cm³/mol. The van der Waals surface area contributed by atoms with Crippen LogP contribution in [-0.2, 0) is 20.0 Å². The van der Waals surface area contributed by atoms with Crippen LogP contribution in [0.25, 0.3) is 0 Å². The Balaban J connectivity index is 1.68. The molecule has 11 heteroatoms.